The van der Waals surface area contributed by atoms with E-state index in [1.165, 1.54) is 6.08 Å². The Morgan fingerprint density at radius 1 is 1.46 bits per heavy atom. The molecule has 7 nitrogen and oxygen atoms in total. The molecule has 1 N–H and O–H groups in total. The molecule has 0 atom stereocenters. The Morgan fingerprint density at radius 3 is 2.92 bits per heavy atom. The molecule has 136 valence electrons. The molecule has 0 unspecified atom stereocenters. The molecule has 0 radical (unpaired) electrons. The molecule has 1 fully saturated rings. The number of carbonyl (C=O) groups is 3. The van der Waals surface area contributed by atoms with Crippen LogP contribution in [0.1, 0.15) is 18.9 Å². The molecule has 0 aliphatic carbocycles. The van der Waals surface area contributed by atoms with Crippen LogP contribution in [0.4, 0.5) is 4.79 Å². The Kier molecular flexibility index (Phi) is 7.24. The Bertz CT molecular complexity index is 804. The molecule has 9 heteroatoms. The van der Waals surface area contributed by atoms with Crippen molar-refractivity contribution < 1.29 is 19.1 Å². The highest BCUT2D eigenvalue weighted by molar-refractivity contribution is 9.10. The van der Waals surface area contributed by atoms with E-state index in [-0.39, 0.29) is 24.0 Å². The molecule has 0 bridgehead atoms. The monoisotopic (exact) mass is 437 g/mol. The number of hydrogen-bond donors (Lipinski definition) is 1. The quantitative estimate of drug-likeness (QED) is 0.658. The number of nitrogens with one attached hydrogen (secondary N) is 1. The van der Waals surface area contributed by atoms with E-state index in [2.05, 4.69) is 21.2 Å². The predicted molar refractivity (Wildman–Crippen MR) is 101 cm³/mol. The van der Waals surface area contributed by atoms with Gasteiger partial charge in [-0.2, -0.15) is 5.26 Å². The average molecular weight is 438 g/mol. The molecule has 1 aromatic rings. The molecule has 0 saturated carbocycles. The fourth-order valence-corrected chi connectivity index (χ4v) is 3.32. The number of halogens is 1. The van der Waals surface area contributed by atoms with E-state index in [4.69, 9.17) is 10.00 Å². The van der Waals surface area contributed by atoms with Crippen molar-refractivity contribution in [1.82, 2.24) is 10.2 Å². The van der Waals surface area contributed by atoms with Crippen molar-refractivity contribution in [2.75, 3.05) is 19.7 Å². The van der Waals surface area contributed by atoms with Crippen LogP contribution in [0.5, 0.6) is 5.75 Å². The molecule has 1 aromatic carbocycles. The molecule has 2 rings (SSSR count). The molecule has 0 aromatic heterocycles. The van der Waals surface area contributed by atoms with Crippen LogP contribution in [0.2, 0.25) is 0 Å². The zero-order chi connectivity index (χ0) is 19.1. The van der Waals surface area contributed by atoms with Gasteiger partial charge in [0.25, 0.3) is 11.1 Å². The maximum Gasteiger partial charge on any atom is 0.294 e. The van der Waals surface area contributed by atoms with E-state index in [0.717, 1.165) is 27.6 Å². The number of carbonyl (C=O) groups excluding carboxylic acids is 3. The smallest absolute Gasteiger partial charge is 0.294 e. The van der Waals surface area contributed by atoms with Crippen LogP contribution in [0.3, 0.4) is 0 Å². The number of benzene rings is 1. The third-order valence-corrected chi connectivity index (χ3v) is 4.70. The number of rotatable bonds is 7. The molecular formula is C17H16BrN3O4S. The molecule has 3 amide bonds. The van der Waals surface area contributed by atoms with Gasteiger partial charge in [-0.25, -0.2) is 0 Å². The van der Waals surface area contributed by atoms with Crippen LogP contribution >= 0.6 is 27.7 Å². The Hall–Kier alpha value is -2.31. The minimum absolute atomic E-state index is 0.137. The molecule has 1 aliphatic heterocycles. The van der Waals surface area contributed by atoms with E-state index >= 15 is 0 Å². The largest absolute Gasteiger partial charge is 0.478 e. The molecular weight excluding hydrogens is 422 g/mol. The second kappa shape index (κ2) is 9.40. The lowest BCUT2D eigenvalue weighted by Gasteiger charge is -2.12. The first-order valence-electron chi connectivity index (χ1n) is 7.77. The maximum atomic E-state index is 12.5. The van der Waals surface area contributed by atoms with Crippen molar-refractivity contribution in [3.05, 3.63) is 33.1 Å². The maximum absolute atomic E-state index is 12.5. The third kappa shape index (κ3) is 5.09. The average Bonchev–Trinajstić information content (AvgIpc) is 2.87. The van der Waals surface area contributed by atoms with Crippen LogP contribution < -0.4 is 10.1 Å². The number of imide groups is 1. The van der Waals surface area contributed by atoms with Gasteiger partial charge < -0.3 is 10.1 Å². The van der Waals surface area contributed by atoms with E-state index in [1.54, 1.807) is 18.2 Å². The van der Waals surface area contributed by atoms with Crippen LogP contribution in [-0.4, -0.2) is 41.6 Å². The van der Waals surface area contributed by atoms with Gasteiger partial charge in [0.05, 0.1) is 4.91 Å². The van der Waals surface area contributed by atoms with Crippen molar-refractivity contribution in [2.24, 2.45) is 0 Å². The van der Waals surface area contributed by atoms with Gasteiger partial charge in [0, 0.05) is 16.6 Å². The van der Waals surface area contributed by atoms with Gasteiger partial charge in [0.2, 0.25) is 5.91 Å². The summed E-state index contributed by atoms with van der Waals surface area (Å²) in [6.45, 7) is 1.95. The summed E-state index contributed by atoms with van der Waals surface area (Å²) in [6, 6.07) is 7.00. The lowest BCUT2D eigenvalue weighted by atomic mass is 10.2. The summed E-state index contributed by atoms with van der Waals surface area (Å²) in [6.07, 6.45) is 2.29. The van der Waals surface area contributed by atoms with Crippen molar-refractivity contribution in [3.8, 4) is 11.8 Å². The SMILES string of the molecule is CCCNC(=O)CN1C(=O)S/C(=C\c2cc(Br)ccc2OCC#N)C1=O. The predicted octanol–water partition coefficient (Wildman–Crippen LogP) is 2.91. The molecule has 1 heterocycles. The Morgan fingerprint density at radius 2 is 2.23 bits per heavy atom. The summed E-state index contributed by atoms with van der Waals surface area (Å²) < 4.78 is 6.10. The summed E-state index contributed by atoms with van der Waals surface area (Å²) in [5.74, 6) is -0.490. The third-order valence-electron chi connectivity index (χ3n) is 3.30. The van der Waals surface area contributed by atoms with Gasteiger partial charge in [-0.05, 0) is 42.5 Å². The number of nitrogens with zero attached hydrogens (tertiary/aromatic N) is 2. The van der Waals surface area contributed by atoms with Crippen LogP contribution in [0.25, 0.3) is 6.08 Å². The number of ether oxygens (including phenoxy) is 1. The fourth-order valence-electron chi connectivity index (χ4n) is 2.12. The zero-order valence-electron chi connectivity index (χ0n) is 14.0. The minimum atomic E-state index is -0.530. The summed E-state index contributed by atoms with van der Waals surface area (Å²) in [4.78, 5) is 37.4. The second-order valence-corrected chi connectivity index (χ2v) is 7.16. The highest BCUT2D eigenvalue weighted by Gasteiger charge is 2.36. The Balaban J connectivity index is 2.21. The van der Waals surface area contributed by atoms with E-state index < -0.39 is 11.1 Å². The van der Waals surface area contributed by atoms with Crippen molar-refractivity contribution in [2.45, 2.75) is 13.3 Å². The van der Waals surface area contributed by atoms with Crippen molar-refractivity contribution in [1.29, 1.82) is 5.26 Å². The highest BCUT2D eigenvalue weighted by atomic mass is 79.9. The van der Waals surface area contributed by atoms with E-state index in [1.807, 2.05) is 13.0 Å². The number of thioether (sulfide) groups is 1. The molecule has 26 heavy (non-hydrogen) atoms. The van der Waals surface area contributed by atoms with Crippen LogP contribution in [0, 0.1) is 11.3 Å². The van der Waals surface area contributed by atoms with Gasteiger partial charge in [0.15, 0.2) is 6.61 Å². The van der Waals surface area contributed by atoms with Gasteiger partial charge in [-0.15, -0.1) is 0 Å². The van der Waals surface area contributed by atoms with E-state index in [9.17, 15) is 14.4 Å². The first-order valence-corrected chi connectivity index (χ1v) is 9.38. The van der Waals surface area contributed by atoms with Gasteiger partial charge in [-0.1, -0.05) is 22.9 Å². The summed E-state index contributed by atoms with van der Waals surface area (Å²) in [5, 5.41) is 10.8. The number of nitriles is 1. The standard InChI is InChI=1S/C17H16BrN3O4S/c1-2-6-20-15(22)10-21-16(23)14(26-17(21)24)9-11-8-12(18)3-4-13(11)25-7-5-19/h3-4,8-9H,2,6-7,10H2,1H3,(H,20,22)/b14-9-. The Labute approximate surface area is 163 Å². The highest BCUT2D eigenvalue weighted by Crippen LogP contribution is 2.34. The first-order chi connectivity index (χ1) is 12.5. The number of amides is 3. The minimum Gasteiger partial charge on any atom is -0.478 e. The molecule has 0 spiro atoms. The zero-order valence-corrected chi connectivity index (χ0v) is 16.4. The van der Waals surface area contributed by atoms with Gasteiger partial charge in [-0.3, -0.25) is 19.3 Å². The fraction of sp³-hybridized carbons (Fsp3) is 0.294. The molecule has 1 aliphatic rings. The number of hydrogen-bond acceptors (Lipinski definition) is 6. The van der Waals surface area contributed by atoms with E-state index in [0.29, 0.717) is 17.9 Å². The first kappa shape index (κ1) is 20.0. The summed E-state index contributed by atoms with van der Waals surface area (Å²) in [5.41, 5.74) is 0.551. The topological polar surface area (TPSA) is 99.5 Å². The summed E-state index contributed by atoms with van der Waals surface area (Å²) >= 11 is 4.10. The second-order valence-electron chi connectivity index (χ2n) is 5.25. The summed E-state index contributed by atoms with van der Waals surface area (Å²) in [7, 11) is 0. The van der Waals surface area contributed by atoms with Crippen molar-refractivity contribution >= 4 is 50.8 Å². The van der Waals surface area contributed by atoms with Crippen molar-refractivity contribution in [3.63, 3.8) is 0 Å². The van der Waals surface area contributed by atoms with Gasteiger partial charge >= 0.3 is 0 Å². The lowest BCUT2D eigenvalue weighted by molar-refractivity contribution is -0.129. The molecule has 1 saturated heterocycles. The van der Waals surface area contributed by atoms with Gasteiger partial charge in [0.1, 0.15) is 18.4 Å². The lowest BCUT2D eigenvalue weighted by Crippen LogP contribution is -2.39. The normalized spacial score (nSPS) is 15.3. The van der Waals surface area contributed by atoms with Crippen LogP contribution in [-0.2, 0) is 9.59 Å². The van der Waals surface area contributed by atoms with Crippen LogP contribution in [0.15, 0.2) is 27.6 Å².